The molecule has 1 aromatic heterocycles. The van der Waals surface area contributed by atoms with Crippen LogP contribution in [0.2, 0.25) is 0 Å². The molecular weight excluding hydrogens is 409 g/mol. The van der Waals surface area contributed by atoms with Crippen LogP contribution in [0.4, 0.5) is 18.9 Å². The van der Waals surface area contributed by atoms with E-state index in [1.807, 2.05) is 25.3 Å². The van der Waals surface area contributed by atoms with Crippen molar-refractivity contribution in [2.24, 2.45) is 0 Å². The van der Waals surface area contributed by atoms with Crippen LogP contribution in [0, 0.1) is 6.92 Å². The van der Waals surface area contributed by atoms with E-state index in [2.05, 4.69) is 17.2 Å². The highest BCUT2D eigenvalue weighted by molar-refractivity contribution is 7.98. The molecule has 0 saturated carbocycles. The topological polar surface area (TPSA) is 42.0 Å². The zero-order valence-corrected chi connectivity index (χ0v) is 18.5. The summed E-state index contributed by atoms with van der Waals surface area (Å²) in [5.41, 5.74) is 0.603. The Morgan fingerprint density at radius 3 is 2.60 bits per heavy atom. The summed E-state index contributed by atoms with van der Waals surface area (Å²) < 4.78 is 40.5. The third-order valence-electron chi connectivity index (χ3n) is 4.90. The Morgan fingerprint density at radius 1 is 1.27 bits per heavy atom. The van der Waals surface area contributed by atoms with Gasteiger partial charge in [-0.2, -0.15) is 13.2 Å². The lowest BCUT2D eigenvalue weighted by molar-refractivity contribution is -0.138. The van der Waals surface area contributed by atoms with Gasteiger partial charge in [-0.05, 0) is 62.3 Å². The number of alkyl halides is 3. The molecule has 7 heteroatoms. The molecule has 0 fully saturated rings. The van der Waals surface area contributed by atoms with Gasteiger partial charge in [0.2, 0.25) is 0 Å². The molecule has 0 aliphatic rings. The number of amides is 1. The van der Waals surface area contributed by atoms with Gasteiger partial charge in [-0.3, -0.25) is 9.78 Å². The number of hydrogen-bond donors (Lipinski definition) is 1. The minimum atomic E-state index is -4.58. The zero-order chi connectivity index (χ0) is 22.3. The lowest BCUT2D eigenvalue weighted by Gasteiger charge is -2.18. The largest absolute Gasteiger partial charge is 0.418 e. The number of carbonyl (C=O) groups excluding carboxylic acids is 1. The Labute approximate surface area is 180 Å². The molecule has 0 aliphatic heterocycles. The van der Waals surface area contributed by atoms with Crippen molar-refractivity contribution in [1.29, 1.82) is 0 Å². The lowest BCUT2D eigenvalue weighted by Crippen LogP contribution is -2.20. The Hall–Kier alpha value is -2.28. The third kappa shape index (κ3) is 5.88. The minimum absolute atomic E-state index is 0.0241. The van der Waals surface area contributed by atoms with Crippen molar-refractivity contribution >= 4 is 28.9 Å². The van der Waals surface area contributed by atoms with Gasteiger partial charge in [0.1, 0.15) is 0 Å². The number of aromatic nitrogens is 1. The van der Waals surface area contributed by atoms with Crippen molar-refractivity contribution in [3.8, 4) is 0 Å². The number of benzene rings is 1. The quantitative estimate of drug-likeness (QED) is 0.347. The highest BCUT2D eigenvalue weighted by Crippen LogP contribution is 2.35. The first kappa shape index (κ1) is 24.0. The van der Waals surface area contributed by atoms with Crippen LogP contribution >= 0.6 is 11.8 Å². The molecule has 1 N–H and O–H groups in total. The summed E-state index contributed by atoms with van der Waals surface area (Å²) in [6.45, 7) is 5.23. The number of thioether (sulfide) groups is 1. The van der Waals surface area contributed by atoms with Gasteiger partial charge in [0.05, 0.1) is 16.8 Å². The Balaban J connectivity index is 2.53. The summed E-state index contributed by atoms with van der Waals surface area (Å²) >= 11 is 1.52. The summed E-state index contributed by atoms with van der Waals surface area (Å²) in [4.78, 5) is 18.2. The van der Waals surface area contributed by atoms with Crippen molar-refractivity contribution in [3.63, 3.8) is 0 Å². The maximum Gasteiger partial charge on any atom is 0.418 e. The van der Waals surface area contributed by atoms with Crippen LogP contribution in [0.3, 0.4) is 0 Å². The summed E-state index contributed by atoms with van der Waals surface area (Å²) in [7, 11) is 0. The molecule has 1 heterocycles. The average molecular weight is 437 g/mol. The number of allylic oxidation sites excluding steroid dienone is 2. The Morgan fingerprint density at radius 2 is 2.00 bits per heavy atom. The SMILES string of the molecule is C/C=C(\CCCCC)c1ncc(C(F)(F)F)c(C)c1C(=O)Nc1cccc(SC)c1. The van der Waals surface area contributed by atoms with Crippen LogP contribution in [-0.4, -0.2) is 17.1 Å². The van der Waals surface area contributed by atoms with E-state index in [0.29, 0.717) is 17.8 Å². The smallest absolute Gasteiger partial charge is 0.322 e. The number of unbranched alkanes of at least 4 members (excludes halogenated alkanes) is 2. The van der Waals surface area contributed by atoms with E-state index in [1.165, 1.54) is 18.7 Å². The van der Waals surface area contributed by atoms with Crippen LogP contribution in [0.5, 0.6) is 0 Å². The molecular formula is C23H27F3N2OS. The number of anilines is 1. The predicted molar refractivity (Wildman–Crippen MR) is 118 cm³/mol. The van der Waals surface area contributed by atoms with Gasteiger partial charge in [0.25, 0.3) is 5.91 Å². The molecule has 162 valence electrons. The van der Waals surface area contributed by atoms with Crippen molar-refractivity contribution in [2.75, 3.05) is 11.6 Å². The summed E-state index contributed by atoms with van der Waals surface area (Å²) in [6, 6.07) is 7.19. The molecule has 0 atom stereocenters. The van der Waals surface area contributed by atoms with E-state index in [9.17, 15) is 18.0 Å². The second-order valence-corrected chi connectivity index (χ2v) is 7.85. The van der Waals surface area contributed by atoms with Crippen LogP contribution in [-0.2, 0) is 6.18 Å². The fourth-order valence-corrected chi connectivity index (χ4v) is 3.73. The van der Waals surface area contributed by atoms with Gasteiger partial charge in [-0.1, -0.05) is 31.9 Å². The van der Waals surface area contributed by atoms with Crippen LogP contribution in [0.15, 0.2) is 41.4 Å². The van der Waals surface area contributed by atoms with Crippen molar-refractivity contribution < 1.29 is 18.0 Å². The van der Waals surface area contributed by atoms with Gasteiger partial charge in [0, 0.05) is 16.8 Å². The fourth-order valence-electron chi connectivity index (χ4n) is 3.27. The molecule has 0 spiro atoms. The first-order valence-electron chi connectivity index (χ1n) is 9.90. The van der Waals surface area contributed by atoms with E-state index in [1.54, 1.807) is 18.2 Å². The lowest BCUT2D eigenvalue weighted by atomic mass is 9.94. The summed E-state index contributed by atoms with van der Waals surface area (Å²) in [6.07, 6.45) is 3.56. The van der Waals surface area contributed by atoms with E-state index >= 15 is 0 Å². The van der Waals surface area contributed by atoms with Gasteiger partial charge < -0.3 is 5.32 Å². The highest BCUT2D eigenvalue weighted by Gasteiger charge is 2.35. The van der Waals surface area contributed by atoms with Crippen LogP contribution in [0.25, 0.3) is 5.57 Å². The Kier molecular flexibility index (Phi) is 8.53. The van der Waals surface area contributed by atoms with Crippen LogP contribution < -0.4 is 5.32 Å². The predicted octanol–water partition coefficient (Wildman–Crippen LogP) is 7.37. The molecule has 0 radical (unpaired) electrons. The van der Waals surface area contributed by atoms with Crippen molar-refractivity contribution in [3.05, 3.63) is 58.9 Å². The first-order chi connectivity index (χ1) is 14.2. The molecule has 0 saturated heterocycles. The monoisotopic (exact) mass is 436 g/mol. The average Bonchev–Trinajstić information content (AvgIpc) is 2.70. The molecule has 1 amide bonds. The molecule has 30 heavy (non-hydrogen) atoms. The number of halogens is 3. The van der Waals surface area contributed by atoms with Crippen LogP contribution in [0.1, 0.15) is 66.7 Å². The summed E-state index contributed by atoms with van der Waals surface area (Å²) in [5.74, 6) is -0.589. The van der Waals surface area contributed by atoms with Gasteiger partial charge in [-0.15, -0.1) is 11.8 Å². The molecule has 1 aromatic carbocycles. The standard InChI is InChI=1S/C23H27F3N2OS/c1-5-7-8-10-16(6-2)21-20(15(3)19(14-27-21)23(24,25)26)22(29)28-17-11-9-12-18(13-17)30-4/h6,9,11-14H,5,7-8,10H2,1-4H3,(H,28,29)/b16-6+. The molecule has 2 rings (SSSR count). The van der Waals surface area contributed by atoms with Gasteiger partial charge in [0.15, 0.2) is 0 Å². The maximum absolute atomic E-state index is 13.5. The number of hydrogen-bond acceptors (Lipinski definition) is 3. The molecule has 3 nitrogen and oxygen atoms in total. The van der Waals surface area contributed by atoms with E-state index in [-0.39, 0.29) is 11.1 Å². The second kappa shape index (κ2) is 10.7. The first-order valence-corrected chi connectivity index (χ1v) is 11.1. The van der Waals surface area contributed by atoms with E-state index in [0.717, 1.165) is 35.9 Å². The van der Waals surface area contributed by atoms with Crippen molar-refractivity contribution in [2.45, 2.75) is 57.5 Å². The molecule has 0 unspecified atom stereocenters. The number of nitrogens with one attached hydrogen (secondary N) is 1. The number of rotatable bonds is 8. The van der Waals surface area contributed by atoms with Crippen molar-refractivity contribution in [1.82, 2.24) is 4.98 Å². The highest BCUT2D eigenvalue weighted by atomic mass is 32.2. The number of pyridine rings is 1. The molecule has 0 bridgehead atoms. The third-order valence-corrected chi connectivity index (χ3v) is 5.63. The molecule has 0 aliphatic carbocycles. The van der Waals surface area contributed by atoms with Gasteiger partial charge >= 0.3 is 6.18 Å². The second-order valence-electron chi connectivity index (χ2n) is 6.98. The molecule has 2 aromatic rings. The normalized spacial score (nSPS) is 12.2. The Bertz CT molecular complexity index is 923. The van der Waals surface area contributed by atoms with E-state index < -0.39 is 17.6 Å². The van der Waals surface area contributed by atoms with E-state index in [4.69, 9.17) is 0 Å². The summed E-state index contributed by atoms with van der Waals surface area (Å²) in [5, 5.41) is 2.75. The zero-order valence-electron chi connectivity index (χ0n) is 17.7. The number of nitrogens with zero attached hydrogens (tertiary/aromatic N) is 1. The number of carbonyl (C=O) groups is 1. The minimum Gasteiger partial charge on any atom is -0.322 e. The fraction of sp³-hybridized carbons (Fsp3) is 0.391. The van der Waals surface area contributed by atoms with Gasteiger partial charge in [-0.25, -0.2) is 0 Å². The maximum atomic E-state index is 13.5.